The molecule has 1 saturated carbocycles. The Morgan fingerprint density at radius 2 is 1.89 bits per heavy atom. The minimum Gasteiger partial charge on any atom is -0.370 e. The number of fused-ring (bicyclic) bond motifs is 1. The lowest BCUT2D eigenvalue weighted by atomic mass is 10.0. The largest absolute Gasteiger partial charge is 0.370 e. The maximum atomic E-state index is 6.38. The van der Waals surface area contributed by atoms with E-state index < -0.39 is 0 Å². The molecule has 0 N–H and O–H groups in total. The molecule has 5 heteroatoms. The zero-order valence-electron chi connectivity index (χ0n) is 11.4. The summed E-state index contributed by atoms with van der Waals surface area (Å²) in [4.78, 5) is 11.5. The number of hydrogen-bond acceptors (Lipinski definition) is 4. The van der Waals surface area contributed by atoms with Gasteiger partial charge in [0.2, 0.25) is 0 Å². The van der Waals surface area contributed by atoms with Crippen LogP contribution in [0.5, 0.6) is 0 Å². The predicted molar refractivity (Wildman–Crippen MR) is 79.1 cm³/mol. The maximum Gasteiger partial charge on any atom is 0.163 e. The molecule has 0 bridgehead atoms. The molecule has 1 aliphatic carbocycles. The van der Waals surface area contributed by atoms with E-state index in [0.717, 1.165) is 41.7 Å². The number of rotatable bonds is 2. The number of ether oxygens (including phenoxy) is 1. The van der Waals surface area contributed by atoms with Crippen LogP contribution in [0.25, 0.3) is 10.2 Å². The summed E-state index contributed by atoms with van der Waals surface area (Å²) in [6.07, 6.45) is 4.29. The maximum absolute atomic E-state index is 6.38. The molecule has 0 unspecified atom stereocenters. The molecule has 0 spiro atoms. The fourth-order valence-electron chi connectivity index (χ4n) is 2.87. The highest BCUT2D eigenvalue weighted by molar-refractivity contribution is 7.18. The Balaban J connectivity index is 2.21. The molecule has 0 atom stereocenters. The van der Waals surface area contributed by atoms with Gasteiger partial charge in [-0.2, -0.15) is 0 Å². The Hall–Kier alpha value is -0.710. The molecule has 0 aromatic carbocycles. The first-order chi connectivity index (χ1) is 9.07. The lowest BCUT2D eigenvalue weighted by molar-refractivity contribution is -0.0159. The van der Waals surface area contributed by atoms with Gasteiger partial charge in [-0.15, -0.1) is 11.3 Å². The van der Waals surface area contributed by atoms with Crippen molar-refractivity contribution in [1.82, 2.24) is 9.97 Å². The number of hydrogen-bond donors (Lipinski definition) is 0. The molecule has 3 rings (SSSR count). The third-order valence-electron chi connectivity index (χ3n) is 4.19. The normalized spacial score (nSPS) is 18.3. The van der Waals surface area contributed by atoms with E-state index in [4.69, 9.17) is 21.3 Å². The van der Waals surface area contributed by atoms with Gasteiger partial charge >= 0.3 is 0 Å². The van der Waals surface area contributed by atoms with Gasteiger partial charge in [-0.3, -0.25) is 0 Å². The van der Waals surface area contributed by atoms with Crippen molar-refractivity contribution in [2.45, 2.75) is 45.1 Å². The van der Waals surface area contributed by atoms with Crippen LogP contribution in [0.3, 0.4) is 0 Å². The summed E-state index contributed by atoms with van der Waals surface area (Å²) in [5.41, 5.74) is 0.860. The van der Waals surface area contributed by atoms with E-state index in [0.29, 0.717) is 5.15 Å². The highest BCUT2D eigenvalue weighted by Gasteiger charge is 2.39. The van der Waals surface area contributed by atoms with E-state index in [9.17, 15) is 0 Å². The van der Waals surface area contributed by atoms with Crippen LogP contribution in [0.2, 0.25) is 5.15 Å². The highest BCUT2D eigenvalue weighted by Crippen LogP contribution is 2.42. The number of thiophene rings is 1. The van der Waals surface area contributed by atoms with Gasteiger partial charge in [-0.05, 0) is 45.1 Å². The Labute approximate surface area is 122 Å². The standard InChI is InChI=1S/C14H17ClN2OS/c1-8-9(2)19-12-10(8)11(15)16-13(17-12)14(18-3)6-4-5-7-14/h4-7H2,1-3H3. The molecule has 0 saturated heterocycles. The summed E-state index contributed by atoms with van der Waals surface area (Å²) in [5.74, 6) is 0.756. The molecule has 2 heterocycles. The first-order valence-electron chi connectivity index (χ1n) is 6.56. The lowest BCUT2D eigenvalue weighted by Gasteiger charge is -2.25. The number of methoxy groups -OCH3 is 1. The van der Waals surface area contributed by atoms with Gasteiger partial charge < -0.3 is 4.74 Å². The first-order valence-corrected chi connectivity index (χ1v) is 7.76. The minimum absolute atomic E-state index is 0.330. The molecule has 2 aromatic rings. The lowest BCUT2D eigenvalue weighted by Crippen LogP contribution is -2.27. The van der Waals surface area contributed by atoms with Crippen LogP contribution >= 0.6 is 22.9 Å². The molecule has 2 aromatic heterocycles. The topological polar surface area (TPSA) is 35.0 Å². The molecule has 0 aliphatic heterocycles. The Kier molecular flexibility index (Phi) is 3.28. The van der Waals surface area contributed by atoms with Gasteiger partial charge in [0.1, 0.15) is 15.6 Å². The van der Waals surface area contributed by atoms with E-state index >= 15 is 0 Å². The van der Waals surface area contributed by atoms with Crippen molar-refractivity contribution >= 4 is 33.2 Å². The predicted octanol–water partition coefficient (Wildman–Crippen LogP) is 4.38. The monoisotopic (exact) mass is 296 g/mol. The van der Waals surface area contributed by atoms with Crippen molar-refractivity contribution in [3.8, 4) is 0 Å². The summed E-state index contributed by atoms with van der Waals surface area (Å²) in [7, 11) is 1.75. The molecule has 102 valence electrons. The minimum atomic E-state index is -0.330. The molecular formula is C14H17ClN2OS. The van der Waals surface area contributed by atoms with E-state index in [1.807, 2.05) is 0 Å². The zero-order valence-corrected chi connectivity index (χ0v) is 13.0. The Morgan fingerprint density at radius 1 is 1.21 bits per heavy atom. The van der Waals surface area contributed by atoms with Crippen molar-refractivity contribution < 1.29 is 4.74 Å². The van der Waals surface area contributed by atoms with Gasteiger partial charge in [0.05, 0.1) is 5.39 Å². The van der Waals surface area contributed by atoms with Crippen molar-refractivity contribution in [1.29, 1.82) is 0 Å². The summed E-state index contributed by atoms with van der Waals surface area (Å²) in [6.45, 7) is 4.17. The van der Waals surface area contributed by atoms with Crippen LogP contribution < -0.4 is 0 Å². The van der Waals surface area contributed by atoms with Gasteiger partial charge in [-0.1, -0.05) is 11.6 Å². The number of aromatic nitrogens is 2. The molecule has 0 amide bonds. The fourth-order valence-corrected chi connectivity index (χ4v) is 4.27. The first kappa shape index (κ1) is 13.3. The average Bonchev–Trinajstić information content (AvgIpc) is 2.96. The highest BCUT2D eigenvalue weighted by atomic mass is 35.5. The summed E-state index contributed by atoms with van der Waals surface area (Å²) >= 11 is 8.06. The summed E-state index contributed by atoms with van der Waals surface area (Å²) in [5, 5.41) is 1.56. The van der Waals surface area contributed by atoms with Crippen LogP contribution in [0.1, 0.15) is 41.9 Å². The third-order valence-corrected chi connectivity index (χ3v) is 5.57. The Bertz CT molecular complexity index is 632. The molecule has 19 heavy (non-hydrogen) atoms. The van der Waals surface area contributed by atoms with E-state index in [2.05, 4.69) is 18.8 Å². The second-order valence-corrected chi connectivity index (χ2v) is 6.77. The SMILES string of the molecule is COC1(c2nc(Cl)c3c(C)c(C)sc3n2)CCCC1. The number of halogens is 1. The second-order valence-electron chi connectivity index (χ2n) is 5.21. The van der Waals surface area contributed by atoms with Crippen LogP contribution in [0.15, 0.2) is 0 Å². The van der Waals surface area contributed by atoms with Gasteiger partial charge in [0.25, 0.3) is 0 Å². The fraction of sp³-hybridized carbons (Fsp3) is 0.571. The quantitative estimate of drug-likeness (QED) is 0.772. The van der Waals surface area contributed by atoms with E-state index in [1.165, 1.54) is 10.4 Å². The summed E-state index contributed by atoms with van der Waals surface area (Å²) in [6, 6.07) is 0. The van der Waals surface area contributed by atoms with Crippen LogP contribution in [-0.4, -0.2) is 17.1 Å². The zero-order chi connectivity index (χ0) is 13.6. The van der Waals surface area contributed by atoms with Crippen molar-refractivity contribution in [2.24, 2.45) is 0 Å². The molecule has 3 nitrogen and oxygen atoms in total. The van der Waals surface area contributed by atoms with Crippen LogP contribution in [-0.2, 0) is 10.3 Å². The van der Waals surface area contributed by atoms with Crippen LogP contribution in [0, 0.1) is 13.8 Å². The van der Waals surface area contributed by atoms with Crippen LogP contribution in [0.4, 0.5) is 0 Å². The van der Waals surface area contributed by atoms with Crippen molar-refractivity contribution in [3.05, 3.63) is 21.4 Å². The van der Waals surface area contributed by atoms with Crippen molar-refractivity contribution in [3.63, 3.8) is 0 Å². The molecule has 0 radical (unpaired) electrons. The smallest absolute Gasteiger partial charge is 0.163 e. The molecular weight excluding hydrogens is 280 g/mol. The Morgan fingerprint density at radius 3 is 2.53 bits per heavy atom. The van der Waals surface area contributed by atoms with Gasteiger partial charge in [-0.25, -0.2) is 9.97 Å². The molecule has 1 fully saturated rings. The van der Waals surface area contributed by atoms with Gasteiger partial charge in [0.15, 0.2) is 5.82 Å². The van der Waals surface area contributed by atoms with E-state index in [-0.39, 0.29) is 5.60 Å². The molecule has 1 aliphatic rings. The summed E-state index contributed by atoms with van der Waals surface area (Å²) < 4.78 is 5.75. The number of aryl methyl sites for hydroxylation is 2. The van der Waals surface area contributed by atoms with E-state index in [1.54, 1.807) is 18.4 Å². The third kappa shape index (κ3) is 1.97. The number of nitrogens with zero attached hydrogens (tertiary/aromatic N) is 2. The van der Waals surface area contributed by atoms with Gasteiger partial charge in [0, 0.05) is 12.0 Å². The average molecular weight is 297 g/mol. The van der Waals surface area contributed by atoms with Crippen molar-refractivity contribution in [2.75, 3.05) is 7.11 Å². The second kappa shape index (κ2) is 4.69.